The molecule has 0 aromatic heterocycles. The first-order valence-electron chi connectivity index (χ1n) is 11.1. The summed E-state index contributed by atoms with van der Waals surface area (Å²) in [6.07, 6.45) is 0.0848. The predicted molar refractivity (Wildman–Crippen MR) is 126 cm³/mol. The lowest BCUT2D eigenvalue weighted by atomic mass is 10.0. The number of hydrogen-bond donors (Lipinski definition) is 0. The molecule has 1 fully saturated rings. The SMILES string of the molecule is COC[C@@H]1C[C@H]2CN(C(=O)OC(C)(C)C)CCN2c2cc(F)cc(C#C[Si](C)(C)C)c2O1. The van der Waals surface area contributed by atoms with E-state index in [1.807, 2.05) is 20.8 Å². The second-order valence-corrected chi connectivity index (χ2v) is 15.3. The number of benzene rings is 1. The number of amides is 1. The molecular formula is C24H35FN2O4Si. The van der Waals surface area contributed by atoms with Gasteiger partial charge in [-0.15, -0.1) is 5.54 Å². The Morgan fingerprint density at radius 2 is 2.00 bits per heavy atom. The van der Waals surface area contributed by atoms with E-state index in [1.165, 1.54) is 12.1 Å². The normalized spacial score (nSPS) is 20.9. The van der Waals surface area contributed by atoms with Crippen LogP contribution in [-0.2, 0) is 9.47 Å². The Bertz CT molecular complexity index is 914. The molecule has 2 aliphatic rings. The summed E-state index contributed by atoms with van der Waals surface area (Å²) in [5, 5.41) is 0. The van der Waals surface area contributed by atoms with Gasteiger partial charge in [0.15, 0.2) is 5.75 Å². The minimum Gasteiger partial charge on any atom is -0.484 e. The Kier molecular flexibility index (Phi) is 7.11. The van der Waals surface area contributed by atoms with Crippen LogP contribution >= 0.6 is 0 Å². The van der Waals surface area contributed by atoms with Crippen molar-refractivity contribution in [2.45, 2.75) is 64.6 Å². The van der Waals surface area contributed by atoms with E-state index in [2.05, 4.69) is 36.0 Å². The van der Waals surface area contributed by atoms with Gasteiger partial charge < -0.3 is 24.0 Å². The number of carbonyl (C=O) groups excluding carboxylic acids is 1. The van der Waals surface area contributed by atoms with Crippen LogP contribution in [0.5, 0.6) is 5.75 Å². The van der Waals surface area contributed by atoms with Gasteiger partial charge in [-0.1, -0.05) is 25.6 Å². The summed E-state index contributed by atoms with van der Waals surface area (Å²) >= 11 is 0. The Balaban J connectivity index is 1.97. The van der Waals surface area contributed by atoms with Crippen molar-refractivity contribution in [2.24, 2.45) is 0 Å². The van der Waals surface area contributed by atoms with E-state index < -0.39 is 13.7 Å². The van der Waals surface area contributed by atoms with E-state index in [0.29, 0.717) is 49.7 Å². The lowest BCUT2D eigenvalue weighted by molar-refractivity contribution is 0.0190. The molecule has 2 atom stereocenters. The quantitative estimate of drug-likeness (QED) is 0.485. The fourth-order valence-corrected chi connectivity index (χ4v) is 4.45. The van der Waals surface area contributed by atoms with Crippen molar-refractivity contribution in [1.82, 2.24) is 4.90 Å². The lowest BCUT2D eigenvalue weighted by Crippen LogP contribution is -2.56. The summed E-state index contributed by atoms with van der Waals surface area (Å²) in [5.41, 5.74) is 4.03. The van der Waals surface area contributed by atoms with Crippen molar-refractivity contribution in [2.75, 3.05) is 38.3 Å². The zero-order chi connectivity index (χ0) is 23.7. The minimum atomic E-state index is -1.66. The number of halogens is 1. The summed E-state index contributed by atoms with van der Waals surface area (Å²) in [6.45, 7) is 14.0. The van der Waals surface area contributed by atoms with Gasteiger partial charge in [0.05, 0.1) is 23.9 Å². The van der Waals surface area contributed by atoms with E-state index in [9.17, 15) is 9.18 Å². The van der Waals surface area contributed by atoms with Crippen molar-refractivity contribution in [3.8, 4) is 17.2 Å². The van der Waals surface area contributed by atoms with Gasteiger partial charge in [-0.25, -0.2) is 9.18 Å². The third-order valence-electron chi connectivity index (χ3n) is 5.22. The standard InChI is InChI=1S/C24H35FN2O4Si/c1-24(2,3)31-23(28)26-9-10-27-19(15-26)14-20(16-29-4)30-22-17(8-11-32(5,6)7)12-18(25)13-21(22)27/h12-13,19-20H,9-10,14-16H2,1-7H3/t19-,20-/m0/s1. The van der Waals surface area contributed by atoms with Crippen LogP contribution in [0.3, 0.4) is 0 Å². The molecule has 0 bridgehead atoms. The van der Waals surface area contributed by atoms with E-state index >= 15 is 0 Å². The van der Waals surface area contributed by atoms with Gasteiger partial charge in [-0.05, 0) is 26.8 Å². The molecule has 32 heavy (non-hydrogen) atoms. The van der Waals surface area contributed by atoms with Crippen LogP contribution in [0.2, 0.25) is 19.6 Å². The number of piperazine rings is 1. The number of nitrogens with zero attached hydrogens (tertiary/aromatic N) is 2. The molecule has 0 unspecified atom stereocenters. The fourth-order valence-electron chi connectivity index (χ4n) is 3.94. The Labute approximate surface area is 192 Å². The molecule has 0 spiro atoms. The number of anilines is 1. The predicted octanol–water partition coefficient (Wildman–Crippen LogP) is 4.28. The average Bonchev–Trinajstić information content (AvgIpc) is 2.80. The summed E-state index contributed by atoms with van der Waals surface area (Å²) in [5.74, 6) is 3.45. The molecule has 2 aliphatic heterocycles. The zero-order valence-electron chi connectivity index (χ0n) is 20.3. The lowest BCUT2D eigenvalue weighted by Gasteiger charge is -2.42. The highest BCUT2D eigenvalue weighted by molar-refractivity contribution is 6.83. The van der Waals surface area contributed by atoms with Crippen LogP contribution < -0.4 is 9.64 Å². The molecule has 0 saturated carbocycles. The van der Waals surface area contributed by atoms with Crippen molar-refractivity contribution in [1.29, 1.82) is 0 Å². The number of carbonyl (C=O) groups is 1. The highest BCUT2D eigenvalue weighted by atomic mass is 28.3. The molecule has 0 radical (unpaired) electrons. The maximum absolute atomic E-state index is 14.7. The second kappa shape index (κ2) is 9.32. The smallest absolute Gasteiger partial charge is 0.410 e. The van der Waals surface area contributed by atoms with Crippen molar-refractivity contribution in [3.63, 3.8) is 0 Å². The van der Waals surface area contributed by atoms with E-state index in [4.69, 9.17) is 14.2 Å². The molecule has 0 aliphatic carbocycles. The third kappa shape index (κ3) is 6.17. The van der Waals surface area contributed by atoms with Gasteiger partial charge in [0.25, 0.3) is 0 Å². The molecule has 2 heterocycles. The Hall–Kier alpha value is -2.24. The summed E-state index contributed by atoms with van der Waals surface area (Å²) in [4.78, 5) is 16.5. The number of fused-ring (bicyclic) bond motifs is 3. The maximum Gasteiger partial charge on any atom is 0.410 e. The fraction of sp³-hybridized carbons (Fsp3) is 0.625. The highest BCUT2D eigenvalue weighted by Crippen LogP contribution is 2.40. The molecule has 3 rings (SSSR count). The van der Waals surface area contributed by atoms with Crippen molar-refractivity contribution in [3.05, 3.63) is 23.5 Å². The largest absolute Gasteiger partial charge is 0.484 e. The van der Waals surface area contributed by atoms with Crippen LogP contribution in [0.4, 0.5) is 14.9 Å². The van der Waals surface area contributed by atoms with Gasteiger partial charge in [0.2, 0.25) is 0 Å². The Morgan fingerprint density at radius 3 is 2.62 bits per heavy atom. The van der Waals surface area contributed by atoms with Gasteiger partial charge in [-0.2, -0.15) is 0 Å². The van der Waals surface area contributed by atoms with E-state index in [0.717, 1.165) is 0 Å². The first-order chi connectivity index (χ1) is 14.9. The second-order valence-electron chi connectivity index (χ2n) is 10.5. The monoisotopic (exact) mass is 462 g/mol. The van der Waals surface area contributed by atoms with Crippen LogP contribution in [0.25, 0.3) is 0 Å². The molecule has 1 aromatic carbocycles. The Morgan fingerprint density at radius 1 is 1.28 bits per heavy atom. The summed E-state index contributed by atoms with van der Waals surface area (Å²) in [7, 11) is -0.0226. The topological polar surface area (TPSA) is 51.2 Å². The molecule has 6 nitrogen and oxygen atoms in total. The van der Waals surface area contributed by atoms with Crippen molar-refractivity contribution < 1.29 is 23.4 Å². The number of rotatable bonds is 2. The third-order valence-corrected chi connectivity index (χ3v) is 6.10. The van der Waals surface area contributed by atoms with Gasteiger partial charge in [0.1, 0.15) is 25.6 Å². The van der Waals surface area contributed by atoms with Crippen molar-refractivity contribution >= 4 is 19.9 Å². The molecule has 1 aromatic rings. The van der Waals surface area contributed by atoms with Gasteiger partial charge >= 0.3 is 6.09 Å². The zero-order valence-corrected chi connectivity index (χ0v) is 21.3. The average molecular weight is 463 g/mol. The molecule has 1 amide bonds. The molecule has 8 heteroatoms. The van der Waals surface area contributed by atoms with Crippen LogP contribution in [-0.4, -0.2) is 70.2 Å². The van der Waals surface area contributed by atoms with Crippen LogP contribution in [0, 0.1) is 17.3 Å². The molecule has 1 saturated heterocycles. The summed E-state index contributed by atoms with van der Waals surface area (Å²) in [6, 6.07) is 2.92. The van der Waals surface area contributed by atoms with Gasteiger partial charge in [-0.3, -0.25) is 0 Å². The minimum absolute atomic E-state index is 0.0442. The first kappa shape index (κ1) is 24.4. The van der Waals surface area contributed by atoms with Gasteiger partial charge in [0, 0.05) is 39.2 Å². The molecule has 176 valence electrons. The number of methoxy groups -OCH3 is 1. The van der Waals surface area contributed by atoms with Crippen LogP contribution in [0.1, 0.15) is 32.8 Å². The summed E-state index contributed by atoms with van der Waals surface area (Å²) < 4.78 is 32.0. The van der Waals surface area contributed by atoms with Crippen LogP contribution in [0.15, 0.2) is 12.1 Å². The molecule has 0 N–H and O–H groups in total. The van der Waals surface area contributed by atoms with E-state index in [1.54, 1.807) is 12.0 Å². The maximum atomic E-state index is 14.7. The number of hydrogen-bond acceptors (Lipinski definition) is 5. The molecular weight excluding hydrogens is 427 g/mol. The number of ether oxygens (including phenoxy) is 3. The highest BCUT2D eigenvalue weighted by Gasteiger charge is 2.38. The van der Waals surface area contributed by atoms with E-state index in [-0.39, 0.29) is 24.1 Å². The first-order valence-corrected chi connectivity index (χ1v) is 14.6.